The number of hydrogen-bond donors (Lipinski definition) is 1. The van der Waals surface area contributed by atoms with Gasteiger partial charge in [-0.05, 0) is 17.7 Å². The second kappa shape index (κ2) is 9.33. The van der Waals surface area contributed by atoms with E-state index < -0.39 is 0 Å². The highest BCUT2D eigenvalue weighted by Crippen LogP contribution is 2.33. The molecule has 2 rings (SSSR count). The van der Waals surface area contributed by atoms with Crippen molar-refractivity contribution in [3.8, 4) is 0 Å². The number of quaternary nitrogens is 1. The van der Waals surface area contributed by atoms with Gasteiger partial charge in [0.05, 0.1) is 25.4 Å². The second-order valence-corrected chi connectivity index (χ2v) is 7.87. The maximum atomic E-state index is 12.5. The lowest BCUT2D eigenvalue weighted by molar-refractivity contribution is -0.858. The van der Waals surface area contributed by atoms with E-state index in [1.807, 2.05) is 32.3 Å². The fraction of sp³-hybridized carbons (Fsp3) is 0.353. The number of ether oxygens (including phenoxy) is 1. The molecule has 1 heterocycles. The van der Waals surface area contributed by atoms with Gasteiger partial charge in [-0.2, -0.15) is 0 Å². The van der Waals surface area contributed by atoms with E-state index in [2.05, 4.69) is 0 Å². The van der Waals surface area contributed by atoms with Crippen molar-refractivity contribution in [2.45, 2.75) is 6.42 Å². The monoisotopic (exact) mass is 399 g/mol. The molecule has 0 saturated carbocycles. The van der Waals surface area contributed by atoms with E-state index in [4.69, 9.17) is 28.6 Å². The van der Waals surface area contributed by atoms with Crippen molar-refractivity contribution in [3.05, 3.63) is 39.8 Å². The zero-order valence-electron chi connectivity index (χ0n) is 14.1. The van der Waals surface area contributed by atoms with E-state index in [1.54, 1.807) is 12.1 Å². The molecule has 0 unspecified atom stereocenters. The summed E-state index contributed by atoms with van der Waals surface area (Å²) in [5, 5.41) is 0.569. The fourth-order valence-electron chi connectivity index (χ4n) is 2.07. The summed E-state index contributed by atoms with van der Waals surface area (Å²) in [6.07, 6.45) is 1.84. The molecular weight excluding hydrogens is 380 g/mol. The third-order valence-corrected chi connectivity index (χ3v) is 5.19. The summed E-state index contributed by atoms with van der Waals surface area (Å²) in [5.74, 6) is -0.536. The number of nitrogens with zero attached hydrogens (tertiary/aromatic N) is 1. The van der Waals surface area contributed by atoms with Crippen LogP contribution in [0.5, 0.6) is 0 Å². The number of rotatable bonds is 7. The number of thioether (sulfide) groups is 1. The van der Waals surface area contributed by atoms with Crippen LogP contribution in [0.15, 0.2) is 29.2 Å². The Balaban J connectivity index is 1.93. The SMILES string of the molecule is C[NH+](C)CCOC(=O)CCN1C(=O)/C(=C/c2ccccc2Cl)SC1=S. The van der Waals surface area contributed by atoms with Crippen LogP contribution in [-0.4, -0.2) is 54.9 Å². The standard InChI is InChI=1S/C17H19ClN2O3S2/c1-19(2)9-10-23-15(21)7-8-20-16(22)14(25-17(20)24)11-12-5-3-4-6-13(12)18/h3-6,11H,7-10H2,1-2H3/p+1/b14-11-. The highest BCUT2D eigenvalue weighted by molar-refractivity contribution is 8.26. The Morgan fingerprint density at radius 1 is 1.40 bits per heavy atom. The largest absolute Gasteiger partial charge is 0.460 e. The number of benzene rings is 1. The number of esters is 1. The van der Waals surface area contributed by atoms with Crippen molar-refractivity contribution >= 4 is 57.9 Å². The number of halogens is 1. The van der Waals surface area contributed by atoms with Crippen molar-refractivity contribution < 1.29 is 19.2 Å². The van der Waals surface area contributed by atoms with Crippen molar-refractivity contribution in [1.82, 2.24) is 4.90 Å². The molecule has 1 saturated heterocycles. The van der Waals surface area contributed by atoms with Gasteiger partial charge in [0.2, 0.25) is 0 Å². The summed E-state index contributed by atoms with van der Waals surface area (Å²) in [6.45, 7) is 1.33. The predicted molar refractivity (Wildman–Crippen MR) is 105 cm³/mol. The molecule has 1 fully saturated rings. The first-order chi connectivity index (χ1) is 11.9. The Labute approximate surface area is 161 Å². The molecule has 1 amide bonds. The summed E-state index contributed by atoms with van der Waals surface area (Å²) in [5.41, 5.74) is 0.760. The lowest BCUT2D eigenvalue weighted by Crippen LogP contribution is -3.06. The fourth-order valence-corrected chi connectivity index (χ4v) is 3.56. The van der Waals surface area contributed by atoms with E-state index in [9.17, 15) is 9.59 Å². The number of hydrogen-bond acceptors (Lipinski definition) is 5. The van der Waals surface area contributed by atoms with E-state index in [0.717, 1.165) is 12.1 Å². The van der Waals surface area contributed by atoms with Crippen molar-refractivity contribution in [1.29, 1.82) is 0 Å². The van der Waals surface area contributed by atoms with Crippen LogP contribution in [0.3, 0.4) is 0 Å². The Bertz CT molecular complexity index is 707. The van der Waals surface area contributed by atoms with Gasteiger partial charge in [-0.25, -0.2) is 0 Å². The normalized spacial score (nSPS) is 16.2. The molecule has 0 spiro atoms. The minimum atomic E-state index is -0.328. The van der Waals surface area contributed by atoms with Gasteiger partial charge in [0.15, 0.2) is 0 Å². The summed E-state index contributed by atoms with van der Waals surface area (Å²) in [4.78, 5) is 27.4. The van der Waals surface area contributed by atoms with Gasteiger partial charge >= 0.3 is 5.97 Å². The van der Waals surface area contributed by atoms with Crippen molar-refractivity contribution in [3.63, 3.8) is 0 Å². The van der Waals surface area contributed by atoms with Crippen LogP contribution in [-0.2, 0) is 14.3 Å². The van der Waals surface area contributed by atoms with Gasteiger partial charge in [0.1, 0.15) is 17.5 Å². The van der Waals surface area contributed by atoms with Crippen LogP contribution in [0, 0.1) is 0 Å². The first-order valence-electron chi connectivity index (χ1n) is 7.83. The van der Waals surface area contributed by atoms with E-state index in [0.29, 0.717) is 20.9 Å². The van der Waals surface area contributed by atoms with E-state index in [1.165, 1.54) is 21.6 Å². The zero-order valence-corrected chi connectivity index (χ0v) is 16.5. The number of carbonyl (C=O) groups excluding carboxylic acids is 2. The van der Waals surface area contributed by atoms with Crippen LogP contribution in [0.25, 0.3) is 6.08 Å². The minimum Gasteiger partial charge on any atom is -0.460 e. The van der Waals surface area contributed by atoms with Gasteiger partial charge in [0, 0.05) is 11.6 Å². The van der Waals surface area contributed by atoms with Crippen molar-refractivity contribution in [2.75, 3.05) is 33.8 Å². The average molecular weight is 400 g/mol. The second-order valence-electron chi connectivity index (χ2n) is 5.78. The molecule has 25 heavy (non-hydrogen) atoms. The minimum absolute atomic E-state index is 0.120. The number of carbonyl (C=O) groups is 2. The predicted octanol–water partition coefficient (Wildman–Crippen LogP) is 1.62. The molecule has 1 aliphatic heterocycles. The summed E-state index contributed by atoms with van der Waals surface area (Å²) in [6, 6.07) is 7.27. The summed E-state index contributed by atoms with van der Waals surface area (Å²) >= 11 is 12.6. The maximum absolute atomic E-state index is 12.5. The van der Waals surface area contributed by atoms with Gasteiger partial charge in [-0.3, -0.25) is 14.5 Å². The smallest absolute Gasteiger partial charge is 0.307 e. The molecule has 134 valence electrons. The number of likely N-dealkylation sites (N-methyl/N-ethyl adjacent to an activating group) is 1. The molecule has 8 heteroatoms. The molecule has 0 bridgehead atoms. The van der Waals surface area contributed by atoms with E-state index >= 15 is 0 Å². The molecule has 5 nitrogen and oxygen atoms in total. The van der Waals surface area contributed by atoms with Gasteiger partial charge in [-0.1, -0.05) is 53.8 Å². The molecular formula is C17H20ClN2O3S2+. The molecule has 1 N–H and O–H groups in total. The molecule has 0 radical (unpaired) electrons. The molecule has 0 atom stereocenters. The summed E-state index contributed by atoms with van der Waals surface area (Å²) in [7, 11) is 3.97. The first-order valence-corrected chi connectivity index (χ1v) is 9.43. The lowest BCUT2D eigenvalue weighted by Gasteiger charge is -2.14. The summed E-state index contributed by atoms with van der Waals surface area (Å²) < 4.78 is 5.58. The Hall–Kier alpha value is -1.41. The number of amides is 1. The van der Waals surface area contributed by atoms with E-state index in [-0.39, 0.29) is 24.8 Å². The lowest BCUT2D eigenvalue weighted by atomic mass is 10.2. The van der Waals surface area contributed by atoms with Gasteiger partial charge < -0.3 is 9.64 Å². The van der Waals surface area contributed by atoms with Gasteiger partial charge in [-0.15, -0.1) is 0 Å². The molecule has 0 aromatic heterocycles. The molecule has 0 aliphatic carbocycles. The number of thiocarbonyl (C=S) groups is 1. The Morgan fingerprint density at radius 3 is 2.80 bits per heavy atom. The highest BCUT2D eigenvalue weighted by Gasteiger charge is 2.32. The van der Waals surface area contributed by atoms with Crippen LogP contribution in [0.4, 0.5) is 0 Å². The molecule has 1 aliphatic rings. The Kier molecular flexibility index (Phi) is 7.43. The Morgan fingerprint density at radius 2 is 2.12 bits per heavy atom. The molecule has 1 aromatic rings. The zero-order chi connectivity index (χ0) is 18.4. The topological polar surface area (TPSA) is 51.1 Å². The highest BCUT2D eigenvalue weighted by atomic mass is 35.5. The average Bonchev–Trinajstić information content (AvgIpc) is 2.81. The van der Waals surface area contributed by atoms with Gasteiger partial charge in [0.25, 0.3) is 5.91 Å². The van der Waals surface area contributed by atoms with Crippen LogP contribution in [0.2, 0.25) is 5.02 Å². The third kappa shape index (κ3) is 5.81. The van der Waals surface area contributed by atoms with Crippen LogP contribution in [0.1, 0.15) is 12.0 Å². The molecule has 1 aromatic carbocycles. The first kappa shape index (κ1) is 19.9. The van der Waals surface area contributed by atoms with Crippen molar-refractivity contribution in [2.24, 2.45) is 0 Å². The van der Waals surface area contributed by atoms with Crippen LogP contribution < -0.4 is 4.90 Å². The maximum Gasteiger partial charge on any atom is 0.307 e. The quantitative estimate of drug-likeness (QED) is 0.429. The van der Waals surface area contributed by atoms with Crippen LogP contribution >= 0.6 is 35.6 Å². The number of nitrogens with one attached hydrogen (secondary N) is 1. The third-order valence-electron chi connectivity index (χ3n) is 3.47.